The number of benzene rings is 1. The van der Waals surface area contributed by atoms with Crippen molar-refractivity contribution in [1.82, 2.24) is 5.48 Å². The molecule has 0 aromatic heterocycles. The van der Waals surface area contributed by atoms with Gasteiger partial charge in [0.05, 0.1) is 6.61 Å². The lowest BCUT2D eigenvalue weighted by Crippen LogP contribution is -2.06. The maximum Gasteiger partial charge on any atom is 0.115 e. The van der Waals surface area contributed by atoms with E-state index in [4.69, 9.17) is 9.94 Å². The molecule has 3 nitrogen and oxygen atoms in total. The average Bonchev–Trinajstić information content (AvgIpc) is 2.04. The smallest absolute Gasteiger partial charge is 0.115 e. The van der Waals surface area contributed by atoms with Crippen molar-refractivity contribution in [2.75, 3.05) is 7.05 Å². The number of phenols is 1. The Kier molecular flexibility index (Phi) is 2.89. The van der Waals surface area contributed by atoms with Gasteiger partial charge in [-0.2, -0.15) is 0 Å². The highest BCUT2D eigenvalue weighted by atomic mass is 16.6. The lowest BCUT2D eigenvalue weighted by Gasteiger charge is -2.00. The van der Waals surface area contributed by atoms with Crippen molar-refractivity contribution >= 4 is 0 Å². The fourth-order valence-corrected chi connectivity index (χ4v) is 0.748. The number of aromatic hydroxyl groups is 1. The highest BCUT2D eigenvalue weighted by Gasteiger charge is 1.91. The molecule has 0 unspecified atom stereocenters. The van der Waals surface area contributed by atoms with Gasteiger partial charge in [0, 0.05) is 7.05 Å². The van der Waals surface area contributed by atoms with Crippen molar-refractivity contribution in [3.8, 4) is 5.75 Å². The normalized spacial score (nSPS) is 9.91. The predicted octanol–water partition coefficient (Wildman–Crippen LogP) is 1.04. The van der Waals surface area contributed by atoms with Crippen LogP contribution >= 0.6 is 0 Å². The zero-order chi connectivity index (χ0) is 8.10. The van der Waals surface area contributed by atoms with E-state index in [1.54, 1.807) is 19.2 Å². The second-order valence-corrected chi connectivity index (χ2v) is 2.16. The first-order valence-electron chi connectivity index (χ1n) is 3.39. The molecule has 3 heteroatoms. The van der Waals surface area contributed by atoms with Crippen LogP contribution in [-0.2, 0) is 11.4 Å². The summed E-state index contributed by atoms with van der Waals surface area (Å²) in [5.74, 6) is 0.276. The first-order chi connectivity index (χ1) is 5.33. The minimum absolute atomic E-state index is 0.276. The number of phenolic OH excluding ortho intramolecular Hbond substituents is 1. The summed E-state index contributed by atoms with van der Waals surface area (Å²) >= 11 is 0. The minimum atomic E-state index is 0.276. The molecular weight excluding hydrogens is 142 g/mol. The molecule has 60 valence electrons. The fraction of sp³-hybridized carbons (Fsp3) is 0.250. The molecule has 1 aromatic rings. The zero-order valence-corrected chi connectivity index (χ0v) is 6.37. The second-order valence-electron chi connectivity index (χ2n) is 2.16. The van der Waals surface area contributed by atoms with Gasteiger partial charge in [0.15, 0.2) is 0 Å². The van der Waals surface area contributed by atoms with Crippen LogP contribution < -0.4 is 5.48 Å². The third-order valence-corrected chi connectivity index (χ3v) is 1.32. The van der Waals surface area contributed by atoms with Gasteiger partial charge in [-0.25, -0.2) is 5.48 Å². The predicted molar refractivity (Wildman–Crippen MR) is 42.0 cm³/mol. The fourth-order valence-electron chi connectivity index (χ4n) is 0.748. The van der Waals surface area contributed by atoms with Crippen LogP contribution in [0.4, 0.5) is 0 Å². The Labute approximate surface area is 65.6 Å². The molecule has 0 fully saturated rings. The summed E-state index contributed by atoms with van der Waals surface area (Å²) < 4.78 is 0. The Morgan fingerprint density at radius 1 is 1.36 bits per heavy atom. The van der Waals surface area contributed by atoms with E-state index in [9.17, 15) is 0 Å². The highest BCUT2D eigenvalue weighted by Crippen LogP contribution is 2.09. The topological polar surface area (TPSA) is 41.5 Å². The number of rotatable bonds is 3. The summed E-state index contributed by atoms with van der Waals surface area (Å²) in [4.78, 5) is 4.93. The van der Waals surface area contributed by atoms with Crippen LogP contribution in [0.3, 0.4) is 0 Å². The van der Waals surface area contributed by atoms with Gasteiger partial charge in [0.2, 0.25) is 0 Å². The van der Waals surface area contributed by atoms with E-state index in [-0.39, 0.29) is 5.75 Å². The van der Waals surface area contributed by atoms with Gasteiger partial charge >= 0.3 is 0 Å². The van der Waals surface area contributed by atoms with E-state index < -0.39 is 0 Å². The van der Waals surface area contributed by atoms with Crippen LogP contribution in [0.25, 0.3) is 0 Å². The molecule has 0 aliphatic heterocycles. The second kappa shape index (κ2) is 3.95. The Morgan fingerprint density at radius 2 is 2.00 bits per heavy atom. The first kappa shape index (κ1) is 8.04. The molecule has 0 bridgehead atoms. The third-order valence-electron chi connectivity index (χ3n) is 1.32. The van der Waals surface area contributed by atoms with Gasteiger partial charge in [0.1, 0.15) is 5.75 Å². The molecule has 0 radical (unpaired) electrons. The van der Waals surface area contributed by atoms with E-state index in [1.165, 1.54) is 0 Å². The minimum Gasteiger partial charge on any atom is -0.508 e. The van der Waals surface area contributed by atoms with Gasteiger partial charge in [-0.05, 0) is 17.7 Å². The van der Waals surface area contributed by atoms with Crippen molar-refractivity contribution in [3.63, 3.8) is 0 Å². The standard InChI is InChI=1S/C8H11NO2/c1-9-11-6-7-2-4-8(10)5-3-7/h2-5,9-10H,6H2,1H3. The van der Waals surface area contributed by atoms with Crippen molar-refractivity contribution < 1.29 is 9.94 Å². The Balaban J connectivity index is 2.52. The van der Waals surface area contributed by atoms with Gasteiger partial charge in [0.25, 0.3) is 0 Å². The van der Waals surface area contributed by atoms with Crippen molar-refractivity contribution in [1.29, 1.82) is 0 Å². The summed E-state index contributed by atoms with van der Waals surface area (Å²) in [6.45, 7) is 0.511. The number of hydrogen-bond acceptors (Lipinski definition) is 3. The summed E-state index contributed by atoms with van der Waals surface area (Å²) in [6, 6.07) is 6.89. The molecule has 0 saturated carbocycles. The molecule has 1 rings (SSSR count). The van der Waals surface area contributed by atoms with Crippen molar-refractivity contribution in [2.45, 2.75) is 6.61 Å². The van der Waals surface area contributed by atoms with E-state index in [0.29, 0.717) is 6.61 Å². The van der Waals surface area contributed by atoms with Crippen LogP contribution in [0.1, 0.15) is 5.56 Å². The summed E-state index contributed by atoms with van der Waals surface area (Å²) in [5.41, 5.74) is 3.59. The number of nitrogens with one attached hydrogen (secondary N) is 1. The molecule has 0 heterocycles. The molecule has 0 aliphatic carbocycles. The lowest BCUT2D eigenvalue weighted by molar-refractivity contribution is 0.0444. The molecule has 0 amide bonds. The SMILES string of the molecule is CNOCc1ccc(O)cc1. The highest BCUT2D eigenvalue weighted by molar-refractivity contribution is 5.25. The van der Waals surface area contributed by atoms with E-state index in [1.807, 2.05) is 12.1 Å². The van der Waals surface area contributed by atoms with Crippen LogP contribution in [0.5, 0.6) is 5.75 Å². The molecule has 0 atom stereocenters. The van der Waals surface area contributed by atoms with Crippen LogP contribution in [0, 0.1) is 0 Å². The third kappa shape index (κ3) is 2.57. The summed E-state index contributed by atoms with van der Waals surface area (Å²) in [6.07, 6.45) is 0. The lowest BCUT2D eigenvalue weighted by atomic mass is 10.2. The molecule has 2 N–H and O–H groups in total. The van der Waals surface area contributed by atoms with Crippen LogP contribution in [0.15, 0.2) is 24.3 Å². The van der Waals surface area contributed by atoms with Crippen LogP contribution in [-0.4, -0.2) is 12.2 Å². The molecular formula is C8H11NO2. The van der Waals surface area contributed by atoms with Gasteiger partial charge in [-0.15, -0.1) is 0 Å². The summed E-state index contributed by atoms with van der Waals surface area (Å²) in [5, 5.41) is 8.93. The monoisotopic (exact) mass is 153 g/mol. The Bertz CT molecular complexity index is 208. The van der Waals surface area contributed by atoms with E-state index in [0.717, 1.165) is 5.56 Å². The first-order valence-corrected chi connectivity index (χ1v) is 3.39. The molecule has 0 aliphatic rings. The van der Waals surface area contributed by atoms with Gasteiger partial charge in [-0.3, -0.25) is 4.84 Å². The molecule has 0 saturated heterocycles. The quantitative estimate of drug-likeness (QED) is 0.637. The maximum atomic E-state index is 8.93. The van der Waals surface area contributed by atoms with Crippen molar-refractivity contribution in [2.24, 2.45) is 0 Å². The van der Waals surface area contributed by atoms with Crippen LogP contribution in [0.2, 0.25) is 0 Å². The van der Waals surface area contributed by atoms with Gasteiger partial charge < -0.3 is 5.11 Å². The van der Waals surface area contributed by atoms with Gasteiger partial charge in [-0.1, -0.05) is 12.1 Å². The largest absolute Gasteiger partial charge is 0.508 e. The number of hydrogen-bond donors (Lipinski definition) is 2. The maximum absolute atomic E-state index is 8.93. The number of hydroxylamine groups is 1. The van der Waals surface area contributed by atoms with E-state index >= 15 is 0 Å². The molecule has 1 aromatic carbocycles. The Morgan fingerprint density at radius 3 is 2.55 bits per heavy atom. The molecule has 0 spiro atoms. The van der Waals surface area contributed by atoms with Crippen molar-refractivity contribution in [3.05, 3.63) is 29.8 Å². The zero-order valence-electron chi connectivity index (χ0n) is 6.37. The Hall–Kier alpha value is -1.06. The van der Waals surface area contributed by atoms with E-state index in [2.05, 4.69) is 5.48 Å². The summed E-state index contributed by atoms with van der Waals surface area (Å²) in [7, 11) is 1.71. The molecule has 11 heavy (non-hydrogen) atoms. The average molecular weight is 153 g/mol.